The summed E-state index contributed by atoms with van der Waals surface area (Å²) >= 11 is 0. The van der Waals surface area contributed by atoms with Crippen LogP contribution >= 0.6 is 0 Å². The number of aromatic nitrogens is 2. The Balaban J connectivity index is 1.68. The molecule has 0 aliphatic carbocycles. The first-order valence-electron chi connectivity index (χ1n) is 8.86. The molecule has 3 N–H and O–H groups in total. The molecule has 1 aliphatic rings. The molecular formula is C20H24N4. The first-order valence-corrected chi connectivity index (χ1v) is 8.86. The van der Waals surface area contributed by atoms with Crippen molar-refractivity contribution in [3.8, 4) is 11.4 Å². The Labute approximate surface area is 142 Å². The van der Waals surface area contributed by atoms with Gasteiger partial charge in [-0.2, -0.15) is 0 Å². The molecule has 1 atom stereocenters. The van der Waals surface area contributed by atoms with Crippen molar-refractivity contribution in [1.29, 1.82) is 0 Å². The Hall–Kier alpha value is -2.33. The van der Waals surface area contributed by atoms with Crippen LogP contribution in [0.2, 0.25) is 0 Å². The smallest absolute Gasteiger partial charge is 0.141 e. The number of nitrogens with zero attached hydrogens (tertiary/aromatic N) is 2. The van der Waals surface area contributed by atoms with E-state index in [4.69, 9.17) is 10.7 Å². The maximum absolute atomic E-state index is 5.84. The molecule has 1 saturated heterocycles. The zero-order valence-electron chi connectivity index (χ0n) is 13.9. The van der Waals surface area contributed by atoms with Gasteiger partial charge in [0.2, 0.25) is 0 Å². The number of piperidine rings is 1. The number of para-hydroxylation sites is 2. The molecule has 0 bridgehead atoms. The summed E-state index contributed by atoms with van der Waals surface area (Å²) in [6, 6.07) is 17.0. The molecule has 4 heteroatoms. The molecule has 0 amide bonds. The Morgan fingerprint density at radius 2 is 1.92 bits per heavy atom. The number of hydrogen-bond acceptors (Lipinski definition) is 3. The number of imidazole rings is 1. The molecule has 1 unspecified atom stereocenters. The highest BCUT2D eigenvalue weighted by Crippen LogP contribution is 2.26. The van der Waals surface area contributed by atoms with Gasteiger partial charge in [0.15, 0.2) is 0 Å². The van der Waals surface area contributed by atoms with Crippen LogP contribution in [0.25, 0.3) is 22.4 Å². The molecule has 1 aromatic heterocycles. The van der Waals surface area contributed by atoms with E-state index in [-0.39, 0.29) is 0 Å². The average molecular weight is 320 g/mol. The van der Waals surface area contributed by atoms with E-state index < -0.39 is 0 Å². The second-order valence-corrected chi connectivity index (χ2v) is 6.63. The zero-order chi connectivity index (χ0) is 16.4. The fourth-order valence-electron chi connectivity index (χ4n) is 3.61. The molecule has 124 valence electrons. The van der Waals surface area contributed by atoms with Gasteiger partial charge in [0.1, 0.15) is 5.82 Å². The first-order chi connectivity index (χ1) is 11.8. The van der Waals surface area contributed by atoms with Crippen LogP contribution in [-0.4, -0.2) is 22.1 Å². The second-order valence-electron chi connectivity index (χ2n) is 6.63. The van der Waals surface area contributed by atoms with Crippen molar-refractivity contribution in [3.63, 3.8) is 0 Å². The summed E-state index contributed by atoms with van der Waals surface area (Å²) in [6.45, 7) is 2.14. The van der Waals surface area contributed by atoms with Crippen LogP contribution in [0.15, 0.2) is 48.5 Å². The predicted octanol–water partition coefficient (Wildman–Crippen LogP) is 3.82. The molecule has 1 aliphatic heterocycles. The van der Waals surface area contributed by atoms with Gasteiger partial charge in [0, 0.05) is 23.8 Å². The van der Waals surface area contributed by atoms with Gasteiger partial charge in [-0.1, -0.05) is 18.6 Å². The van der Waals surface area contributed by atoms with E-state index in [9.17, 15) is 0 Å². The molecule has 2 aromatic carbocycles. The van der Waals surface area contributed by atoms with Crippen LogP contribution in [0, 0.1) is 0 Å². The number of rotatable bonds is 4. The van der Waals surface area contributed by atoms with Crippen molar-refractivity contribution in [2.24, 2.45) is 0 Å². The Morgan fingerprint density at radius 3 is 2.71 bits per heavy atom. The summed E-state index contributed by atoms with van der Waals surface area (Å²) in [5.74, 6) is 1.03. The number of benzene rings is 2. The van der Waals surface area contributed by atoms with Gasteiger partial charge in [-0.05, 0) is 62.2 Å². The van der Waals surface area contributed by atoms with Crippen LogP contribution in [0.5, 0.6) is 0 Å². The number of hydrogen-bond donors (Lipinski definition) is 2. The fraction of sp³-hybridized carbons (Fsp3) is 0.350. The average Bonchev–Trinajstić information content (AvgIpc) is 3.00. The van der Waals surface area contributed by atoms with Gasteiger partial charge in [-0.15, -0.1) is 0 Å². The van der Waals surface area contributed by atoms with Crippen molar-refractivity contribution >= 4 is 16.7 Å². The summed E-state index contributed by atoms with van der Waals surface area (Å²) in [5.41, 5.74) is 10.0. The molecule has 4 rings (SSSR count). The predicted molar refractivity (Wildman–Crippen MR) is 99.8 cm³/mol. The number of nitrogens with one attached hydrogen (secondary N) is 1. The molecule has 2 heterocycles. The molecule has 0 spiro atoms. The molecule has 0 radical (unpaired) electrons. The highest BCUT2D eigenvalue weighted by molar-refractivity contribution is 5.80. The van der Waals surface area contributed by atoms with E-state index in [0.29, 0.717) is 6.04 Å². The minimum absolute atomic E-state index is 0.624. The zero-order valence-corrected chi connectivity index (χ0v) is 13.9. The lowest BCUT2D eigenvalue weighted by molar-refractivity contribution is 0.368. The van der Waals surface area contributed by atoms with Crippen LogP contribution in [0.3, 0.4) is 0 Å². The highest BCUT2D eigenvalue weighted by Gasteiger charge is 2.16. The van der Waals surface area contributed by atoms with Gasteiger partial charge >= 0.3 is 0 Å². The summed E-state index contributed by atoms with van der Waals surface area (Å²) in [7, 11) is 0. The standard InChI is InChI=1S/C20H24N4/c21-16-10-8-15(9-11-16)20-23-18-6-1-2-7-19(18)24(20)14-12-17-5-3-4-13-22-17/h1-2,6-11,17,22H,3-5,12-14,21H2. The minimum atomic E-state index is 0.624. The number of aryl methyl sites for hydroxylation is 1. The van der Waals surface area contributed by atoms with E-state index in [1.165, 1.54) is 24.8 Å². The largest absolute Gasteiger partial charge is 0.399 e. The third-order valence-electron chi connectivity index (χ3n) is 4.94. The van der Waals surface area contributed by atoms with E-state index in [2.05, 4.69) is 46.3 Å². The molecule has 0 saturated carbocycles. The SMILES string of the molecule is Nc1ccc(-c2nc3ccccc3n2CCC2CCCCN2)cc1. The van der Waals surface area contributed by atoms with Crippen LogP contribution in [0.1, 0.15) is 25.7 Å². The van der Waals surface area contributed by atoms with E-state index in [1.807, 2.05) is 12.1 Å². The summed E-state index contributed by atoms with van der Waals surface area (Å²) in [6.07, 6.45) is 5.07. The molecule has 24 heavy (non-hydrogen) atoms. The topological polar surface area (TPSA) is 55.9 Å². The van der Waals surface area contributed by atoms with Gasteiger partial charge in [0.05, 0.1) is 11.0 Å². The maximum Gasteiger partial charge on any atom is 0.141 e. The summed E-state index contributed by atoms with van der Waals surface area (Å²) in [4.78, 5) is 4.88. The number of nitrogen functional groups attached to an aromatic ring is 1. The number of nitrogens with two attached hydrogens (primary N) is 1. The van der Waals surface area contributed by atoms with Crippen molar-refractivity contribution in [2.75, 3.05) is 12.3 Å². The Bertz CT molecular complexity index is 813. The van der Waals surface area contributed by atoms with E-state index in [0.717, 1.165) is 42.1 Å². The molecule has 1 fully saturated rings. The first kappa shape index (κ1) is 15.2. The third kappa shape index (κ3) is 3.02. The van der Waals surface area contributed by atoms with Crippen molar-refractivity contribution in [2.45, 2.75) is 38.3 Å². The molecule has 4 nitrogen and oxygen atoms in total. The molecular weight excluding hydrogens is 296 g/mol. The highest BCUT2D eigenvalue weighted by atomic mass is 15.1. The third-order valence-corrected chi connectivity index (χ3v) is 4.94. The van der Waals surface area contributed by atoms with Gasteiger partial charge < -0.3 is 15.6 Å². The van der Waals surface area contributed by atoms with Crippen LogP contribution in [-0.2, 0) is 6.54 Å². The van der Waals surface area contributed by atoms with E-state index >= 15 is 0 Å². The quantitative estimate of drug-likeness (QED) is 0.719. The van der Waals surface area contributed by atoms with Gasteiger partial charge in [-0.25, -0.2) is 4.98 Å². The van der Waals surface area contributed by atoms with E-state index in [1.54, 1.807) is 0 Å². The van der Waals surface area contributed by atoms with Crippen LogP contribution < -0.4 is 11.1 Å². The summed E-state index contributed by atoms with van der Waals surface area (Å²) in [5, 5.41) is 3.65. The normalized spacial score (nSPS) is 18.1. The maximum atomic E-state index is 5.84. The lowest BCUT2D eigenvalue weighted by Gasteiger charge is -2.24. The lowest BCUT2D eigenvalue weighted by atomic mass is 10.0. The fourth-order valence-corrected chi connectivity index (χ4v) is 3.61. The second kappa shape index (κ2) is 6.65. The Kier molecular flexibility index (Phi) is 4.22. The number of anilines is 1. The molecule has 3 aromatic rings. The van der Waals surface area contributed by atoms with Gasteiger partial charge in [0.25, 0.3) is 0 Å². The van der Waals surface area contributed by atoms with Gasteiger partial charge in [-0.3, -0.25) is 0 Å². The monoisotopic (exact) mass is 320 g/mol. The van der Waals surface area contributed by atoms with Crippen molar-refractivity contribution < 1.29 is 0 Å². The van der Waals surface area contributed by atoms with Crippen molar-refractivity contribution in [1.82, 2.24) is 14.9 Å². The van der Waals surface area contributed by atoms with Crippen LogP contribution in [0.4, 0.5) is 5.69 Å². The van der Waals surface area contributed by atoms with Crippen molar-refractivity contribution in [3.05, 3.63) is 48.5 Å². The summed E-state index contributed by atoms with van der Waals surface area (Å²) < 4.78 is 2.36. The Morgan fingerprint density at radius 1 is 1.08 bits per heavy atom. The number of fused-ring (bicyclic) bond motifs is 1. The minimum Gasteiger partial charge on any atom is -0.399 e. The lowest BCUT2D eigenvalue weighted by Crippen LogP contribution is -2.34.